The van der Waals surface area contributed by atoms with Crippen molar-refractivity contribution in [3.63, 3.8) is 0 Å². The molecule has 1 aliphatic rings. The molecule has 3 rings (SSSR count). The minimum atomic E-state index is -0.502. The van der Waals surface area contributed by atoms with Gasteiger partial charge in [-0.15, -0.1) is 0 Å². The number of aromatic nitrogens is 2. The van der Waals surface area contributed by atoms with Gasteiger partial charge in [0, 0.05) is 11.3 Å². The van der Waals surface area contributed by atoms with Crippen molar-refractivity contribution in [1.29, 1.82) is 0 Å². The van der Waals surface area contributed by atoms with E-state index in [1.54, 1.807) is 6.21 Å². The molecular formula is C16H17N5O2. The molecule has 7 nitrogen and oxygen atoms in total. The van der Waals surface area contributed by atoms with Gasteiger partial charge in [-0.1, -0.05) is 30.3 Å². The minimum Gasteiger partial charge on any atom is -0.275 e. The number of imide groups is 1. The molecule has 0 radical (unpaired) electrons. The number of carbonyl (C=O) groups is 2. The number of hydrogen-bond donors (Lipinski definition) is 1. The number of urea groups is 1. The van der Waals surface area contributed by atoms with Crippen molar-refractivity contribution >= 4 is 18.2 Å². The predicted molar refractivity (Wildman–Crippen MR) is 85.1 cm³/mol. The summed E-state index contributed by atoms with van der Waals surface area (Å²) in [7, 11) is 0. The molecule has 1 aliphatic heterocycles. The van der Waals surface area contributed by atoms with E-state index < -0.39 is 6.03 Å². The summed E-state index contributed by atoms with van der Waals surface area (Å²) in [4.78, 5) is 22.6. The second-order valence-electron chi connectivity index (χ2n) is 5.38. The van der Waals surface area contributed by atoms with Crippen LogP contribution in [0.3, 0.4) is 0 Å². The molecule has 3 amide bonds. The maximum Gasteiger partial charge on any atom is 0.344 e. The quantitative estimate of drug-likeness (QED) is 0.685. The first kappa shape index (κ1) is 15.0. The number of aryl methyl sites for hydroxylation is 1. The Morgan fingerprint density at radius 1 is 1.26 bits per heavy atom. The molecule has 1 fully saturated rings. The van der Waals surface area contributed by atoms with Crippen LogP contribution < -0.4 is 5.32 Å². The largest absolute Gasteiger partial charge is 0.344 e. The monoisotopic (exact) mass is 311 g/mol. The van der Waals surface area contributed by atoms with Gasteiger partial charge < -0.3 is 0 Å². The van der Waals surface area contributed by atoms with E-state index in [0.717, 1.165) is 27.5 Å². The van der Waals surface area contributed by atoms with Crippen LogP contribution in [-0.2, 0) is 11.3 Å². The summed E-state index contributed by atoms with van der Waals surface area (Å²) in [6, 6.07) is 9.55. The average Bonchev–Trinajstić information content (AvgIpc) is 2.98. The summed E-state index contributed by atoms with van der Waals surface area (Å²) in [5, 5.41) is 11.9. The molecule has 0 aliphatic carbocycles. The molecule has 1 saturated heterocycles. The molecule has 1 aromatic carbocycles. The number of nitrogens with zero attached hydrogens (tertiary/aromatic N) is 4. The van der Waals surface area contributed by atoms with Gasteiger partial charge in [-0.05, 0) is 19.4 Å². The van der Waals surface area contributed by atoms with Crippen LogP contribution in [0.4, 0.5) is 4.79 Å². The van der Waals surface area contributed by atoms with E-state index in [-0.39, 0.29) is 12.5 Å². The highest BCUT2D eigenvalue weighted by Crippen LogP contribution is 2.13. The summed E-state index contributed by atoms with van der Waals surface area (Å²) in [5.74, 6) is -0.347. The molecule has 2 aromatic rings. The Labute approximate surface area is 133 Å². The number of rotatable bonds is 4. The first-order valence-electron chi connectivity index (χ1n) is 7.28. The second kappa shape index (κ2) is 6.04. The number of amides is 3. The molecule has 0 saturated carbocycles. The highest BCUT2D eigenvalue weighted by atomic mass is 16.2. The van der Waals surface area contributed by atoms with E-state index in [4.69, 9.17) is 0 Å². The van der Waals surface area contributed by atoms with Gasteiger partial charge in [0.05, 0.1) is 18.5 Å². The Morgan fingerprint density at radius 2 is 2.00 bits per heavy atom. The zero-order valence-electron chi connectivity index (χ0n) is 13.0. The van der Waals surface area contributed by atoms with Gasteiger partial charge in [0.15, 0.2) is 0 Å². The molecule has 1 aromatic heterocycles. The van der Waals surface area contributed by atoms with Gasteiger partial charge in [-0.25, -0.2) is 9.80 Å². The zero-order valence-corrected chi connectivity index (χ0v) is 13.0. The fourth-order valence-electron chi connectivity index (χ4n) is 2.46. The van der Waals surface area contributed by atoms with Crippen molar-refractivity contribution in [2.45, 2.75) is 20.4 Å². The van der Waals surface area contributed by atoms with E-state index in [1.165, 1.54) is 0 Å². The lowest BCUT2D eigenvalue weighted by Gasteiger charge is -2.05. The molecule has 0 unspecified atom stereocenters. The van der Waals surface area contributed by atoms with E-state index in [0.29, 0.717) is 6.54 Å². The van der Waals surface area contributed by atoms with Crippen molar-refractivity contribution in [3.8, 4) is 0 Å². The van der Waals surface area contributed by atoms with Gasteiger partial charge in [-0.3, -0.25) is 14.8 Å². The second-order valence-corrected chi connectivity index (χ2v) is 5.38. The molecule has 2 heterocycles. The van der Waals surface area contributed by atoms with Crippen LogP contribution in [0.25, 0.3) is 0 Å². The summed E-state index contributed by atoms with van der Waals surface area (Å²) in [6.07, 6.45) is 1.58. The summed E-state index contributed by atoms with van der Waals surface area (Å²) in [5.41, 5.74) is 3.80. The molecule has 118 valence electrons. The molecule has 23 heavy (non-hydrogen) atoms. The Balaban J connectivity index is 1.81. The van der Waals surface area contributed by atoms with Crippen LogP contribution in [0.15, 0.2) is 35.4 Å². The van der Waals surface area contributed by atoms with E-state index in [1.807, 2.05) is 48.9 Å². The Bertz CT molecular complexity index is 779. The maximum atomic E-state index is 11.5. The van der Waals surface area contributed by atoms with Gasteiger partial charge in [0.2, 0.25) is 5.91 Å². The normalized spacial score (nSPS) is 14.8. The third-order valence-corrected chi connectivity index (χ3v) is 3.71. The zero-order chi connectivity index (χ0) is 16.4. The van der Waals surface area contributed by atoms with Gasteiger partial charge in [0.1, 0.15) is 6.54 Å². The highest BCUT2D eigenvalue weighted by molar-refractivity contribution is 6.02. The SMILES string of the molecule is Cc1nn(Cc2ccccc2)c(C)c1C=NN1CC(=O)NC1=O. The van der Waals surface area contributed by atoms with Crippen molar-refractivity contribution in [3.05, 3.63) is 52.8 Å². The van der Waals surface area contributed by atoms with Crippen molar-refractivity contribution in [1.82, 2.24) is 20.1 Å². The molecule has 7 heteroatoms. The van der Waals surface area contributed by atoms with E-state index in [9.17, 15) is 9.59 Å². The third kappa shape index (κ3) is 3.13. The lowest BCUT2D eigenvalue weighted by Crippen LogP contribution is -2.24. The number of hydrogen-bond acceptors (Lipinski definition) is 4. The van der Waals surface area contributed by atoms with E-state index >= 15 is 0 Å². The molecule has 0 bridgehead atoms. The molecule has 1 N–H and O–H groups in total. The third-order valence-electron chi connectivity index (χ3n) is 3.71. The number of benzene rings is 1. The van der Waals surface area contributed by atoms with Crippen LogP contribution >= 0.6 is 0 Å². The highest BCUT2D eigenvalue weighted by Gasteiger charge is 2.26. The Hall–Kier alpha value is -2.96. The molecule has 0 spiro atoms. The first-order chi connectivity index (χ1) is 11.0. The Kier molecular flexibility index (Phi) is 3.92. The summed E-state index contributed by atoms with van der Waals surface area (Å²) >= 11 is 0. The molecular weight excluding hydrogens is 294 g/mol. The molecule has 0 atom stereocenters. The number of carbonyl (C=O) groups excluding carboxylic acids is 2. The van der Waals surface area contributed by atoms with Crippen LogP contribution in [0.5, 0.6) is 0 Å². The van der Waals surface area contributed by atoms with Crippen molar-refractivity contribution < 1.29 is 9.59 Å². The number of hydrazone groups is 1. The van der Waals surface area contributed by atoms with Gasteiger partial charge in [0.25, 0.3) is 0 Å². The van der Waals surface area contributed by atoms with Crippen LogP contribution in [-0.4, -0.2) is 39.5 Å². The Morgan fingerprint density at radius 3 is 2.65 bits per heavy atom. The lowest BCUT2D eigenvalue weighted by atomic mass is 10.2. The number of nitrogens with one attached hydrogen (secondary N) is 1. The first-order valence-corrected chi connectivity index (χ1v) is 7.28. The fraction of sp³-hybridized carbons (Fsp3) is 0.250. The topological polar surface area (TPSA) is 79.6 Å². The standard InChI is InChI=1S/C16H17N5O2/c1-11-14(8-17-21-10-15(22)18-16(21)23)12(2)20(19-11)9-13-6-4-3-5-7-13/h3-8H,9-10H2,1-2H3,(H,18,22,23). The smallest absolute Gasteiger partial charge is 0.275 e. The average molecular weight is 311 g/mol. The lowest BCUT2D eigenvalue weighted by molar-refractivity contribution is -0.118. The summed E-state index contributed by atoms with van der Waals surface area (Å²) in [6.45, 7) is 4.47. The minimum absolute atomic E-state index is 0.0500. The van der Waals surface area contributed by atoms with E-state index in [2.05, 4.69) is 15.5 Å². The van der Waals surface area contributed by atoms with Crippen molar-refractivity contribution in [2.75, 3.05) is 6.54 Å². The van der Waals surface area contributed by atoms with Crippen LogP contribution in [0.1, 0.15) is 22.5 Å². The summed E-state index contributed by atoms with van der Waals surface area (Å²) < 4.78 is 1.90. The fourth-order valence-corrected chi connectivity index (χ4v) is 2.46. The van der Waals surface area contributed by atoms with Gasteiger partial charge >= 0.3 is 6.03 Å². The van der Waals surface area contributed by atoms with Crippen LogP contribution in [0.2, 0.25) is 0 Å². The predicted octanol–water partition coefficient (Wildman–Crippen LogP) is 1.43. The maximum absolute atomic E-state index is 11.5. The van der Waals surface area contributed by atoms with Crippen molar-refractivity contribution in [2.24, 2.45) is 5.10 Å². The van der Waals surface area contributed by atoms with Gasteiger partial charge in [-0.2, -0.15) is 10.2 Å². The van der Waals surface area contributed by atoms with Crippen LogP contribution in [0, 0.1) is 13.8 Å².